The van der Waals surface area contributed by atoms with E-state index in [0.29, 0.717) is 18.5 Å². The summed E-state index contributed by atoms with van der Waals surface area (Å²) in [6.45, 7) is 1.71. The topological polar surface area (TPSA) is 107 Å². The molecule has 1 aromatic rings. The van der Waals surface area contributed by atoms with Gasteiger partial charge in [-0.05, 0) is 19.8 Å². The van der Waals surface area contributed by atoms with Crippen molar-refractivity contribution in [1.82, 2.24) is 9.36 Å². The molecule has 24 heavy (non-hydrogen) atoms. The quantitative estimate of drug-likeness (QED) is 0.657. The van der Waals surface area contributed by atoms with Crippen LogP contribution >= 0.6 is 0 Å². The number of hydrogen-bond acceptors (Lipinski definition) is 7. The first-order valence-corrected chi connectivity index (χ1v) is 7.84. The number of hydrogen-bond donors (Lipinski definition) is 1. The van der Waals surface area contributed by atoms with Gasteiger partial charge in [0.05, 0.1) is 5.69 Å². The Morgan fingerprint density at radius 2 is 1.71 bits per heavy atom. The van der Waals surface area contributed by atoms with Gasteiger partial charge in [0.2, 0.25) is 0 Å². The molecule has 0 bridgehead atoms. The molecule has 1 saturated carbocycles. The number of nitrogens with zero attached hydrogens (tertiary/aromatic N) is 4. The van der Waals surface area contributed by atoms with E-state index in [4.69, 9.17) is 9.47 Å². The molecule has 1 aliphatic heterocycles. The number of carbonyl (C=O) groups is 1. The molecule has 1 fully saturated rings. The van der Waals surface area contributed by atoms with Gasteiger partial charge in [0.15, 0.2) is 5.69 Å². The van der Waals surface area contributed by atoms with E-state index in [1.807, 2.05) is 0 Å². The largest absolute Gasteiger partial charge is 0.479 e. The van der Waals surface area contributed by atoms with Crippen LogP contribution in [0, 0.1) is 6.92 Å². The molecule has 0 saturated heterocycles. The number of aromatic nitrogens is 2. The maximum Gasteiger partial charge on any atom is 0.369 e. The minimum Gasteiger partial charge on any atom is -0.479 e. The predicted molar refractivity (Wildman–Crippen MR) is 82.6 cm³/mol. The first kappa shape index (κ1) is 16.3. The molecule has 0 unspecified atom stereocenters. The lowest BCUT2D eigenvalue weighted by atomic mass is 9.93. The van der Waals surface area contributed by atoms with Crippen molar-refractivity contribution in [2.75, 3.05) is 0 Å². The predicted octanol–water partition coefficient (Wildman–Crippen LogP) is 2.08. The molecule has 9 nitrogen and oxygen atoms in total. The highest BCUT2D eigenvalue weighted by Crippen LogP contribution is 2.38. The molecule has 1 spiro atoms. The van der Waals surface area contributed by atoms with Gasteiger partial charge in [0, 0.05) is 26.9 Å². The van der Waals surface area contributed by atoms with Crippen LogP contribution in [-0.2, 0) is 28.4 Å². The number of esters is 1. The van der Waals surface area contributed by atoms with Gasteiger partial charge in [0.1, 0.15) is 0 Å². The molecule has 0 amide bonds. The van der Waals surface area contributed by atoms with Gasteiger partial charge in [0.25, 0.3) is 17.0 Å². The molecule has 9 heteroatoms. The molecule has 0 radical (unpaired) electrons. The molecule has 0 aromatic carbocycles. The van der Waals surface area contributed by atoms with Gasteiger partial charge in [-0.2, -0.15) is 0 Å². The molecule has 3 rings (SSSR count). The summed E-state index contributed by atoms with van der Waals surface area (Å²) in [5.74, 6) is -2.51. The second-order valence-electron chi connectivity index (χ2n) is 6.10. The zero-order chi connectivity index (χ0) is 17.5. The minimum absolute atomic E-state index is 0.0889. The highest BCUT2D eigenvalue weighted by Gasteiger charge is 2.45. The zero-order valence-electron chi connectivity index (χ0n) is 13.9. The summed E-state index contributed by atoms with van der Waals surface area (Å²) in [6.07, 6.45) is 3.82. The Kier molecular flexibility index (Phi) is 3.94. The highest BCUT2D eigenvalue weighted by atomic mass is 16.8. The fourth-order valence-corrected chi connectivity index (χ4v) is 2.97. The van der Waals surface area contributed by atoms with Crippen LogP contribution in [0.3, 0.4) is 0 Å². The summed E-state index contributed by atoms with van der Waals surface area (Å²) in [6, 6.07) is 0. The molecule has 0 atom stereocenters. The SMILES string of the molecule is Cc1c(N=NC2=C(O)OC3(CCCCC3)OC2=O)c(=O)n(C)n1C. The number of carbonyl (C=O) groups excluding carboxylic acids is 1. The molecule has 1 N–H and O–H groups in total. The average molecular weight is 336 g/mol. The normalized spacial score (nSPS) is 20.5. The number of ether oxygens (including phenoxy) is 2. The van der Waals surface area contributed by atoms with Crippen molar-refractivity contribution in [2.24, 2.45) is 24.3 Å². The van der Waals surface area contributed by atoms with Crippen LogP contribution in [0.5, 0.6) is 0 Å². The molecule has 2 heterocycles. The second-order valence-corrected chi connectivity index (χ2v) is 6.10. The maximum atomic E-state index is 12.2. The van der Waals surface area contributed by atoms with Crippen molar-refractivity contribution in [3.8, 4) is 0 Å². The van der Waals surface area contributed by atoms with Crippen molar-refractivity contribution < 1.29 is 19.4 Å². The van der Waals surface area contributed by atoms with E-state index in [2.05, 4.69) is 10.2 Å². The lowest BCUT2D eigenvalue weighted by Gasteiger charge is -2.38. The Hall–Kier alpha value is -2.58. The number of aliphatic hydroxyl groups is 1. The standard InChI is InChI=1S/C15H20N4O5/c1-9-10(12(20)19(3)18(9)2)16-17-11-13(21)23-15(24-14(11)22)7-5-4-6-8-15/h21H,4-8H2,1-3H3. The number of aliphatic hydroxyl groups excluding tert-OH is 1. The Labute approximate surface area is 138 Å². The highest BCUT2D eigenvalue weighted by molar-refractivity contribution is 5.89. The van der Waals surface area contributed by atoms with E-state index in [0.717, 1.165) is 19.3 Å². The van der Waals surface area contributed by atoms with Crippen LogP contribution in [0.1, 0.15) is 37.8 Å². The van der Waals surface area contributed by atoms with Crippen LogP contribution < -0.4 is 5.56 Å². The summed E-state index contributed by atoms with van der Waals surface area (Å²) in [5, 5.41) is 17.6. The van der Waals surface area contributed by atoms with Gasteiger partial charge in [-0.3, -0.25) is 14.2 Å². The fraction of sp³-hybridized carbons (Fsp3) is 0.600. The van der Waals surface area contributed by atoms with Gasteiger partial charge >= 0.3 is 11.9 Å². The summed E-state index contributed by atoms with van der Waals surface area (Å²) >= 11 is 0. The van der Waals surface area contributed by atoms with Crippen molar-refractivity contribution in [3.05, 3.63) is 27.7 Å². The average Bonchev–Trinajstić information content (AvgIpc) is 2.72. The Bertz CT molecular complexity index is 796. The third kappa shape index (κ3) is 2.59. The van der Waals surface area contributed by atoms with Gasteiger partial charge in [-0.1, -0.05) is 6.42 Å². The van der Waals surface area contributed by atoms with Crippen LogP contribution in [0.4, 0.5) is 5.69 Å². The van der Waals surface area contributed by atoms with E-state index in [1.54, 1.807) is 25.7 Å². The summed E-state index contributed by atoms with van der Waals surface area (Å²) in [4.78, 5) is 24.2. The monoisotopic (exact) mass is 336 g/mol. The third-order valence-corrected chi connectivity index (χ3v) is 4.60. The maximum absolute atomic E-state index is 12.2. The summed E-state index contributed by atoms with van der Waals surface area (Å²) < 4.78 is 13.8. The molecular formula is C15H20N4O5. The molecule has 1 aromatic heterocycles. The number of rotatable bonds is 2. The van der Waals surface area contributed by atoms with Gasteiger partial charge < -0.3 is 14.6 Å². The van der Waals surface area contributed by atoms with E-state index >= 15 is 0 Å². The van der Waals surface area contributed by atoms with E-state index in [-0.39, 0.29) is 11.2 Å². The Balaban J connectivity index is 1.90. The minimum atomic E-state index is -1.10. The Morgan fingerprint density at radius 1 is 1.04 bits per heavy atom. The Morgan fingerprint density at radius 3 is 2.25 bits per heavy atom. The molecule has 1 aliphatic carbocycles. The third-order valence-electron chi connectivity index (χ3n) is 4.60. The smallest absolute Gasteiger partial charge is 0.369 e. The zero-order valence-corrected chi connectivity index (χ0v) is 13.9. The summed E-state index contributed by atoms with van der Waals surface area (Å²) in [5.41, 5.74) is -0.115. The van der Waals surface area contributed by atoms with Crippen LogP contribution in [0.25, 0.3) is 0 Å². The van der Waals surface area contributed by atoms with Crippen molar-refractivity contribution in [1.29, 1.82) is 0 Å². The van der Waals surface area contributed by atoms with Gasteiger partial charge in [-0.25, -0.2) is 4.79 Å². The van der Waals surface area contributed by atoms with Crippen LogP contribution in [0.15, 0.2) is 26.7 Å². The van der Waals surface area contributed by atoms with E-state index in [9.17, 15) is 14.7 Å². The van der Waals surface area contributed by atoms with E-state index < -0.39 is 23.4 Å². The van der Waals surface area contributed by atoms with Crippen molar-refractivity contribution >= 4 is 11.7 Å². The van der Waals surface area contributed by atoms with Crippen molar-refractivity contribution in [3.63, 3.8) is 0 Å². The molecule has 130 valence electrons. The summed E-state index contributed by atoms with van der Waals surface area (Å²) in [7, 11) is 3.30. The first-order valence-electron chi connectivity index (χ1n) is 7.84. The van der Waals surface area contributed by atoms with E-state index in [1.165, 1.54) is 4.68 Å². The lowest BCUT2D eigenvalue weighted by Crippen LogP contribution is -2.43. The van der Waals surface area contributed by atoms with Gasteiger partial charge in [-0.15, -0.1) is 10.2 Å². The van der Waals surface area contributed by atoms with Crippen LogP contribution in [-0.4, -0.2) is 26.2 Å². The first-order chi connectivity index (χ1) is 11.3. The number of azo groups is 1. The lowest BCUT2D eigenvalue weighted by molar-refractivity contribution is -0.249. The fourth-order valence-electron chi connectivity index (χ4n) is 2.97. The second kappa shape index (κ2) is 5.81. The molecule has 2 aliphatic rings. The van der Waals surface area contributed by atoms with Crippen molar-refractivity contribution in [2.45, 2.75) is 44.8 Å². The molecular weight excluding hydrogens is 316 g/mol. The van der Waals surface area contributed by atoms with Crippen LogP contribution in [0.2, 0.25) is 0 Å².